The first-order valence-electron chi connectivity index (χ1n) is 48.5. The lowest BCUT2D eigenvalue weighted by Gasteiger charge is -2.28. The van der Waals surface area contributed by atoms with E-state index in [4.69, 9.17) is 4.42 Å². The van der Waals surface area contributed by atoms with Crippen LogP contribution >= 0.6 is 22.7 Å². The number of hydrogen-bond acceptors (Lipinski definition) is 6. The molecule has 26 aromatic carbocycles. The van der Waals surface area contributed by atoms with Crippen molar-refractivity contribution in [1.29, 1.82) is 0 Å². The van der Waals surface area contributed by atoms with Gasteiger partial charge in [0.2, 0.25) is 0 Å². The standard InChI is InChI=1S/2C48H31NS.C40H25NO/c1-2-11-32(12-3-1)33-21-26-37(27-22-33)49(45-19-10-14-35-25-30-43-42-18-8-9-20-46(42)50-48(43)47(35)45)38-28-23-34(24-29-38)44-31-36-13-4-5-15-39(36)40-16-6-7-17-41(40)44;1-2-9-32(10-3-1)33-19-25-39(26-20-33)49(45-15-8-12-36-23-30-44-43-14-6-7-16-46(43)50-48(44)47(36)45)40-27-21-34(22-28-40)37-24-29-42-38(31-37)18-17-35-11-4-5-13-41(35)42;1-5-15-31-26(10-1)13-9-19-37(31)41(38-24-28-12-3-4-14-30(28)33-17-7-8-18-34(33)38)29-21-23-35-36-22-20-27-11-2-6-16-32(27)40(36)42-39(35)25-29/h2*1-31H;1-25H. The Bertz CT molecular complexity index is 10000. The first-order chi connectivity index (χ1) is 70.4. The van der Waals surface area contributed by atoms with Gasteiger partial charge in [0.15, 0.2) is 0 Å². The topological polar surface area (TPSA) is 22.9 Å². The summed E-state index contributed by atoms with van der Waals surface area (Å²) in [5.74, 6) is 0. The number of nitrogens with zero attached hydrogens (tertiary/aromatic N) is 3. The van der Waals surface area contributed by atoms with Gasteiger partial charge in [0.05, 0.1) is 22.7 Å². The molecule has 0 aliphatic carbocycles. The molecular weight excluding hydrogens is 1760 g/mol. The van der Waals surface area contributed by atoms with Gasteiger partial charge in [0, 0.05) is 113 Å². The summed E-state index contributed by atoms with van der Waals surface area (Å²) in [5, 5.41) is 32.4. The molecule has 0 bridgehead atoms. The highest BCUT2D eigenvalue weighted by Gasteiger charge is 2.26. The molecule has 6 heteroatoms. The molecule has 0 amide bonds. The van der Waals surface area contributed by atoms with Gasteiger partial charge in [-0.15, -0.1) is 22.7 Å². The van der Waals surface area contributed by atoms with Gasteiger partial charge in [-0.2, -0.15) is 0 Å². The van der Waals surface area contributed by atoms with E-state index in [0.717, 1.165) is 67.1 Å². The van der Waals surface area contributed by atoms with Gasteiger partial charge in [0.25, 0.3) is 0 Å². The molecule has 29 aromatic rings. The highest BCUT2D eigenvalue weighted by molar-refractivity contribution is 7.27. The van der Waals surface area contributed by atoms with Crippen molar-refractivity contribution in [3.05, 3.63) is 528 Å². The van der Waals surface area contributed by atoms with Crippen molar-refractivity contribution in [3.63, 3.8) is 0 Å². The molecular formula is C136H87N3OS2. The van der Waals surface area contributed by atoms with Gasteiger partial charge >= 0.3 is 0 Å². The molecule has 142 heavy (non-hydrogen) atoms. The summed E-state index contributed by atoms with van der Waals surface area (Å²) < 4.78 is 11.9. The molecule has 0 aliphatic rings. The third kappa shape index (κ3) is 14.7. The maximum absolute atomic E-state index is 6.65. The summed E-state index contributed by atoms with van der Waals surface area (Å²) in [6, 6.07) is 192. The smallest absolute Gasteiger partial charge is 0.143 e. The first kappa shape index (κ1) is 83.3. The SMILES string of the molecule is c1ccc(-c2ccc(N(c3ccc(-c4cc5ccccc5c5ccccc45)cc3)c3cccc4ccc5c6ccccc6sc5c34)cc2)cc1.c1ccc(-c2ccc(N(c3ccc(-c4ccc5c(ccc6ccccc65)c4)cc3)c3cccc4ccc5c6ccccc6sc5c34)cc2)cc1.c1ccc2c(N(c3ccc4c(c3)oc3c5ccccc5ccc43)c3cc4ccccc4c4ccccc34)cccc2c1. The van der Waals surface area contributed by atoms with Crippen LogP contribution in [0.25, 0.3) is 215 Å². The molecule has 664 valence electrons. The zero-order valence-corrected chi connectivity index (χ0v) is 78.9. The van der Waals surface area contributed by atoms with E-state index in [1.165, 1.54) is 199 Å². The zero-order valence-electron chi connectivity index (χ0n) is 77.3. The number of anilines is 9. The second-order valence-corrected chi connectivity index (χ2v) is 38.9. The average Bonchev–Trinajstić information content (AvgIpc) is 1.63. The fourth-order valence-corrected chi connectivity index (χ4v) is 24.4. The van der Waals surface area contributed by atoms with Crippen LogP contribution in [-0.4, -0.2) is 0 Å². The van der Waals surface area contributed by atoms with E-state index in [0.29, 0.717) is 0 Å². The first-order valence-corrected chi connectivity index (χ1v) is 50.2. The summed E-state index contributed by atoms with van der Waals surface area (Å²) in [7, 11) is 0. The van der Waals surface area contributed by atoms with Crippen LogP contribution in [0, 0.1) is 0 Å². The molecule has 0 aliphatic heterocycles. The lowest BCUT2D eigenvalue weighted by Crippen LogP contribution is -2.11. The monoisotopic (exact) mass is 1840 g/mol. The normalized spacial score (nSPS) is 11.7. The molecule has 0 radical (unpaired) electrons. The fraction of sp³-hybridized carbons (Fsp3) is 0. The van der Waals surface area contributed by atoms with Gasteiger partial charge < -0.3 is 19.1 Å². The molecule has 0 unspecified atom stereocenters. The van der Waals surface area contributed by atoms with Crippen LogP contribution in [0.5, 0.6) is 0 Å². The van der Waals surface area contributed by atoms with Crippen LogP contribution in [0.15, 0.2) is 532 Å². The van der Waals surface area contributed by atoms with Crippen molar-refractivity contribution in [2.24, 2.45) is 0 Å². The van der Waals surface area contributed by atoms with E-state index in [1.54, 1.807) is 0 Å². The second kappa shape index (κ2) is 35.2. The molecule has 3 heterocycles. The largest absolute Gasteiger partial charge is 0.455 e. The number of thiophene rings is 2. The van der Waals surface area contributed by atoms with E-state index in [2.05, 4.69) is 542 Å². The van der Waals surface area contributed by atoms with Crippen molar-refractivity contribution in [1.82, 2.24) is 0 Å². The minimum absolute atomic E-state index is 0.884. The summed E-state index contributed by atoms with van der Waals surface area (Å²) >= 11 is 3.78. The van der Waals surface area contributed by atoms with Gasteiger partial charge in [0.1, 0.15) is 11.2 Å². The van der Waals surface area contributed by atoms with Crippen molar-refractivity contribution >= 4 is 244 Å². The number of fused-ring (bicyclic) bond motifs is 25. The van der Waals surface area contributed by atoms with Crippen molar-refractivity contribution in [2.45, 2.75) is 0 Å². The van der Waals surface area contributed by atoms with Crippen LogP contribution in [-0.2, 0) is 0 Å². The third-order valence-electron chi connectivity index (χ3n) is 28.7. The molecule has 29 rings (SSSR count). The predicted octanol–water partition coefficient (Wildman–Crippen LogP) is 40.3. The van der Waals surface area contributed by atoms with Crippen LogP contribution in [0.2, 0.25) is 0 Å². The van der Waals surface area contributed by atoms with Gasteiger partial charge in [-0.1, -0.05) is 406 Å². The van der Waals surface area contributed by atoms with Crippen LogP contribution < -0.4 is 14.7 Å². The lowest BCUT2D eigenvalue weighted by molar-refractivity contribution is 0.672. The van der Waals surface area contributed by atoms with Gasteiger partial charge in [-0.3, -0.25) is 0 Å². The van der Waals surface area contributed by atoms with E-state index in [-0.39, 0.29) is 0 Å². The number of hydrogen-bond donors (Lipinski definition) is 0. The number of rotatable bonds is 13. The Hall–Kier alpha value is -18.0. The molecule has 0 atom stereocenters. The summed E-state index contributed by atoms with van der Waals surface area (Å²) in [6.45, 7) is 0. The Morgan fingerprint density at radius 2 is 0.486 bits per heavy atom. The van der Waals surface area contributed by atoms with E-state index in [9.17, 15) is 0 Å². The van der Waals surface area contributed by atoms with Crippen molar-refractivity contribution < 1.29 is 4.42 Å². The Morgan fingerprint density at radius 3 is 1.04 bits per heavy atom. The highest BCUT2D eigenvalue weighted by atomic mass is 32.1. The highest BCUT2D eigenvalue weighted by Crippen LogP contribution is 2.52. The quantitative estimate of drug-likeness (QED) is 0.107. The summed E-state index contributed by atoms with van der Waals surface area (Å²) in [4.78, 5) is 7.27. The molecule has 0 N–H and O–H groups in total. The Kier molecular flexibility index (Phi) is 20.7. The summed E-state index contributed by atoms with van der Waals surface area (Å²) in [5.41, 5.74) is 21.7. The third-order valence-corrected chi connectivity index (χ3v) is 31.1. The van der Waals surface area contributed by atoms with Crippen molar-refractivity contribution in [2.75, 3.05) is 14.7 Å². The minimum atomic E-state index is 0.884. The van der Waals surface area contributed by atoms with Crippen LogP contribution in [0.4, 0.5) is 51.2 Å². The van der Waals surface area contributed by atoms with Gasteiger partial charge in [-0.05, 0) is 241 Å². The van der Waals surface area contributed by atoms with E-state index < -0.39 is 0 Å². The van der Waals surface area contributed by atoms with Gasteiger partial charge in [-0.25, -0.2) is 0 Å². The zero-order chi connectivity index (χ0) is 93.7. The van der Waals surface area contributed by atoms with Crippen LogP contribution in [0.1, 0.15) is 0 Å². The molecule has 0 saturated carbocycles. The Balaban J connectivity index is 0.000000107. The summed E-state index contributed by atoms with van der Waals surface area (Å²) in [6.07, 6.45) is 0. The Labute approximate surface area is 828 Å². The second-order valence-electron chi connectivity index (χ2n) is 36.8. The van der Waals surface area contributed by atoms with E-state index >= 15 is 0 Å². The molecule has 3 aromatic heterocycles. The molecule has 0 saturated heterocycles. The molecule has 0 fully saturated rings. The molecule has 0 spiro atoms. The Morgan fingerprint density at radius 1 is 0.155 bits per heavy atom. The lowest BCUT2D eigenvalue weighted by atomic mass is 9.93. The average molecular weight is 1840 g/mol. The fourth-order valence-electron chi connectivity index (χ4n) is 21.9. The van der Waals surface area contributed by atoms with Crippen LogP contribution in [0.3, 0.4) is 0 Å². The predicted molar refractivity (Wildman–Crippen MR) is 613 cm³/mol. The van der Waals surface area contributed by atoms with E-state index in [1.807, 2.05) is 22.7 Å². The molecule has 4 nitrogen and oxygen atoms in total. The minimum Gasteiger partial charge on any atom is -0.455 e. The van der Waals surface area contributed by atoms with Crippen molar-refractivity contribution in [3.8, 4) is 44.5 Å². The number of furan rings is 1. The number of benzene rings is 26. The maximum Gasteiger partial charge on any atom is 0.143 e. The maximum atomic E-state index is 6.65.